The van der Waals surface area contributed by atoms with Crippen LogP contribution in [0.2, 0.25) is 5.28 Å². The number of aromatic nitrogens is 3. The second kappa shape index (κ2) is 1.99. The van der Waals surface area contributed by atoms with Gasteiger partial charge in [-0.05, 0) is 11.6 Å². The van der Waals surface area contributed by atoms with Crippen molar-refractivity contribution in [1.82, 2.24) is 9.78 Å². The largest absolute Gasteiger partial charge is 0.371 e. The van der Waals surface area contributed by atoms with Gasteiger partial charge in [-0.2, -0.15) is 0 Å². The van der Waals surface area contributed by atoms with Crippen molar-refractivity contribution in [3.8, 4) is 0 Å². The lowest BCUT2D eigenvalue weighted by atomic mass is 10.7. The average Bonchev–Trinajstić information content (AvgIpc) is 1.98. The van der Waals surface area contributed by atoms with Crippen molar-refractivity contribution in [3.05, 3.63) is 11.1 Å². The van der Waals surface area contributed by atoms with Crippen LogP contribution in [0.5, 0.6) is 0 Å². The Morgan fingerprint density at radius 1 is 1.67 bits per heavy atom. The fourth-order valence-corrected chi connectivity index (χ4v) is 0.850. The van der Waals surface area contributed by atoms with E-state index in [9.17, 15) is 0 Å². The van der Waals surface area contributed by atoms with Crippen LogP contribution in [-0.4, -0.2) is 9.78 Å². The van der Waals surface area contributed by atoms with Crippen molar-refractivity contribution in [2.45, 2.75) is 6.92 Å². The minimum Gasteiger partial charge on any atom is -0.221 e. The fourth-order valence-electron chi connectivity index (χ4n) is 0.614. The number of hydrogen-bond acceptors (Lipinski definition) is 1. The van der Waals surface area contributed by atoms with E-state index in [1.165, 1.54) is 0 Å². The Kier molecular flexibility index (Phi) is 1.45. The first kappa shape index (κ1) is 6.55. The zero-order chi connectivity index (χ0) is 7.02. The Balaban J connectivity index is 3.29. The molecular weight excluding hydrogens is 138 g/mol. The van der Waals surface area contributed by atoms with Crippen LogP contribution in [0.1, 0.15) is 5.82 Å². The Morgan fingerprint density at radius 3 is 2.33 bits per heavy atom. The van der Waals surface area contributed by atoms with Crippen LogP contribution in [-0.2, 0) is 14.1 Å². The Hall–Kier alpha value is -0.570. The summed E-state index contributed by atoms with van der Waals surface area (Å²) < 4.78 is 3.56. The molecule has 0 aliphatic rings. The lowest BCUT2D eigenvalue weighted by molar-refractivity contribution is -0.676. The highest BCUT2D eigenvalue weighted by molar-refractivity contribution is 6.27. The quantitative estimate of drug-likeness (QED) is 0.480. The van der Waals surface area contributed by atoms with Crippen LogP contribution >= 0.6 is 11.6 Å². The summed E-state index contributed by atoms with van der Waals surface area (Å²) in [5.41, 5.74) is 0. The van der Waals surface area contributed by atoms with E-state index in [-0.39, 0.29) is 0 Å². The van der Waals surface area contributed by atoms with Gasteiger partial charge in [-0.25, -0.2) is 4.57 Å². The van der Waals surface area contributed by atoms with Crippen LogP contribution in [0, 0.1) is 6.92 Å². The summed E-state index contributed by atoms with van der Waals surface area (Å²) in [4.78, 5) is 0. The Labute approximate surface area is 58.9 Å². The van der Waals surface area contributed by atoms with Gasteiger partial charge in [0.25, 0.3) is 0 Å². The molecule has 0 radical (unpaired) electrons. The van der Waals surface area contributed by atoms with Gasteiger partial charge in [0.15, 0.2) is 0 Å². The molecule has 1 heterocycles. The predicted octanol–water partition coefficient (Wildman–Crippen LogP) is 0.206. The summed E-state index contributed by atoms with van der Waals surface area (Å²) in [6, 6.07) is 0. The fraction of sp³-hybridized carbons (Fsp3) is 0.600. The number of aryl methyl sites for hydroxylation is 1. The molecule has 0 fully saturated rings. The second-order valence-corrected chi connectivity index (χ2v) is 2.34. The summed E-state index contributed by atoms with van der Waals surface area (Å²) >= 11 is 5.67. The predicted molar refractivity (Wildman–Crippen MR) is 34.1 cm³/mol. The van der Waals surface area contributed by atoms with Gasteiger partial charge in [-0.3, -0.25) is 0 Å². The van der Waals surface area contributed by atoms with E-state index in [2.05, 4.69) is 5.10 Å². The number of nitrogens with zero attached hydrogens (tertiary/aromatic N) is 3. The first-order chi connectivity index (χ1) is 4.13. The van der Waals surface area contributed by atoms with Crippen LogP contribution in [0.4, 0.5) is 0 Å². The zero-order valence-corrected chi connectivity index (χ0v) is 6.48. The zero-order valence-electron chi connectivity index (χ0n) is 5.72. The molecule has 1 aromatic rings. The first-order valence-corrected chi connectivity index (χ1v) is 3.06. The van der Waals surface area contributed by atoms with E-state index in [4.69, 9.17) is 11.6 Å². The van der Waals surface area contributed by atoms with Crippen LogP contribution in [0.3, 0.4) is 0 Å². The van der Waals surface area contributed by atoms with Gasteiger partial charge in [0.1, 0.15) is 0 Å². The second-order valence-electron chi connectivity index (χ2n) is 2.00. The van der Waals surface area contributed by atoms with E-state index in [0.717, 1.165) is 5.82 Å². The highest BCUT2D eigenvalue weighted by atomic mass is 35.5. The van der Waals surface area contributed by atoms with Gasteiger partial charge >= 0.3 is 5.28 Å². The molecule has 1 aromatic heterocycles. The molecule has 0 saturated heterocycles. The van der Waals surface area contributed by atoms with E-state index in [0.29, 0.717) is 5.28 Å². The molecule has 1 rings (SSSR count). The van der Waals surface area contributed by atoms with Crippen molar-refractivity contribution in [2.24, 2.45) is 14.1 Å². The SMILES string of the molecule is Cc1n(C)nc(Cl)[n+]1C. The average molecular weight is 147 g/mol. The maximum Gasteiger partial charge on any atom is 0.371 e. The van der Waals surface area contributed by atoms with Gasteiger partial charge < -0.3 is 0 Å². The normalized spacial score (nSPS) is 10.2. The van der Waals surface area contributed by atoms with E-state index >= 15 is 0 Å². The summed E-state index contributed by atoms with van der Waals surface area (Å²) in [7, 11) is 3.74. The van der Waals surface area contributed by atoms with Crippen molar-refractivity contribution in [3.63, 3.8) is 0 Å². The molecule has 0 amide bonds. The molecule has 0 aliphatic heterocycles. The van der Waals surface area contributed by atoms with Gasteiger partial charge in [-0.1, -0.05) is 0 Å². The lowest BCUT2D eigenvalue weighted by Crippen LogP contribution is -2.31. The first-order valence-electron chi connectivity index (χ1n) is 2.68. The van der Waals surface area contributed by atoms with Gasteiger partial charge in [0.05, 0.1) is 19.2 Å². The summed E-state index contributed by atoms with van der Waals surface area (Å²) in [5.74, 6) is 1.04. The standard InChI is InChI=1S/C5H9ClN3/c1-4-8(2)5(6)7-9(4)3/h1-3H3/q+1. The minimum atomic E-state index is 0.523. The molecule has 3 nitrogen and oxygen atoms in total. The lowest BCUT2D eigenvalue weighted by Gasteiger charge is -1.84. The number of halogens is 1. The third-order valence-electron chi connectivity index (χ3n) is 1.46. The number of hydrogen-bond donors (Lipinski definition) is 0. The maximum atomic E-state index is 5.67. The van der Waals surface area contributed by atoms with Crippen LogP contribution in [0.15, 0.2) is 0 Å². The van der Waals surface area contributed by atoms with Gasteiger partial charge in [-0.15, -0.1) is 4.68 Å². The Morgan fingerprint density at radius 2 is 2.22 bits per heavy atom. The molecule has 0 saturated carbocycles. The molecule has 9 heavy (non-hydrogen) atoms. The van der Waals surface area contributed by atoms with Crippen molar-refractivity contribution >= 4 is 11.6 Å². The summed E-state index contributed by atoms with van der Waals surface area (Å²) in [5, 5.41) is 4.48. The van der Waals surface area contributed by atoms with Crippen molar-refractivity contribution in [2.75, 3.05) is 0 Å². The molecule has 50 valence electrons. The van der Waals surface area contributed by atoms with Gasteiger partial charge in [0, 0.05) is 6.92 Å². The monoisotopic (exact) mass is 146 g/mol. The summed E-state index contributed by atoms with van der Waals surface area (Å²) in [6.45, 7) is 1.96. The minimum absolute atomic E-state index is 0.523. The molecule has 4 heteroatoms. The molecule has 0 spiro atoms. The van der Waals surface area contributed by atoms with Crippen molar-refractivity contribution in [1.29, 1.82) is 0 Å². The smallest absolute Gasteiger partial charge is 0.221 e. The van der Waals surface area contributed by atoms with E-state index in [1.807, 2.05) is 25.6 Å². The third kappa shape index (κ3) is 0.920. The molecule has 0 N–H and O–H groups in total. The van der Waals surface area contributed by atoms with E-state index < -0.39 is 0 Å². The molecule has 0 unspecified atom stereocenters. The topological polar surface area (TPSA) is 21.7 Å². The molecule has 0 atom stereocenters. The van der Waals surface area contributed by atoms with Crippen LogP contribution in [0.25, 0.3) is 0 Å². The Bertz CT molecular complexity index is 206. The highest BCUT2D eigenvalue weighted by Crippen LogP contribution is 1.95. The molecule has 0 bridgehead atoms. The highest BCUT2D eigenvalue weighted by Gasteiger charge is 2.12. The third-order valence-corrected chi connectivity index (χ3v) is 1.79. The van der Waals surface area contributed by atoms with Crippen molar-refractivity contribution < 1.29 is 4.57 Å². The van der Waals surface area contributed by atoms with Gasteiger partial charge in [0.2, 0.25) is 5.82 Å². The molecule has 0 aliphatic carbocycles. The van der Waals surface area contributed by atoms with E-state index in [1.54, 1.807) is 4.68 Å². The summed E-state index contributed by atoms with van der Waals surface area (Å²) in [6.07, 6.45) is 0. The molecular formula is C5H9ClN3+. The van der Waals surface area contributed by atoms with Crippen LogP contribution < -0.4 is 4.57 Å². The number of rotatable bonds is 0. The molecule has 0 aromatic carbocycles. The maximum absolute atomic E-state index is 5.67.